The highest BCUT2D eigenvalue weighted by molar-refractivity contribution is 6.12. The molecule has 1 amide bonds. The molecule has 0 spiro atoms. The Morgan fingerprint density at radius 1 is 0.800 bits per heavy atom. The van der Waals surface area contributed by atoms with Gasteiger partial charge >= 0.3 is 5.97 Å². The van der Waals surface area contributed by atoms with Crippen molar-refractivity contribution in [2.24, 2.45) is 0 Å². The molecule has 0 bridgehead atoms. The highest BCUT2D eigenvalue weighted by Gasteiger charge is 2.32. The van der Waals surface area contributed by atoms with Crippen LogP contribution in [0.4, 0.5) is 10.1 Å². The molecule has 0 saturated carbocycles. The minimum atomic E-state index is -1.39. The largest absolute Gasteiger partial charge is 0.463 e. The van der Waals surface area contributed by atoms with Gasteiger partial charge in [0.25, 0.3) is 5.91 Å². The number of benzene rings is 3. The zero-order chi connectivity index (χ0) is 40.1. The number of carbonyl (C=O) groups is 2. The van der Waals surface area contributed by atoms with Crippen LogP contribution in [-0.2, 0) is 25.8 Å². The number of hydrogen-bond acceptors (Lipinski definition) is 13. The number of nitrogens with zero attached hydrogens (tertiary/aromatic N) is 3. The van der Waals surface area contributed by atoms with E-state index in [1.807, 2.05) is 66.9 Å². The summed E-state index contributed by atoms with van der Waals surface area (Å²) >= 11 is 0. The molecule has 16 heteroatoms. The fourth-order valence-corrected chi connectivity index (χ4v) is 6.47. The second-order valence-electron chi connectivity index (χ2n) is 13.3. The first-order valence-corrected chi connectivity index (χ1v) is 17.9. The van der Waals surface area contributed by atoms with Gasteiger partial charge in [-0.1, -0.05) is 75.7 Å². The lowest BCUT2D eigenvalue weighted by Crippen LogP contribution is -2.42. The molecule has 3 aromatic carbocycles. The maximum absolute atomic E-state index is 14.3. The molecule has 7 N–H and O–H groups in total. The Morgan fingerprint density at radius 2 is 1.40 bits per heavy atom. The number of esters is 1. The minimum absolute atomic E-state index is 0.0935. The second kappa shape index (κ2) is 20.9. The van der Waals surface area contributed by atoms with Crippen molar-refractivity contribution in [3.8, 4) is 22.4 Å². The number of halogens is 1. The number of nitrogens with one attached hydrogen (secondary N) is 1. The van der Waals surface area contributed by atoms with E-state index in [0.717, 1.165) is 5.56 Å². The van der Waals surface area contributed by atoms with Gasteiger partial charge in [0.2, 0.25) is 0 Å². The molecule has 0 fully saturated rings. The molecule has 4 aromatic rings. The zero-order valence-electron chi connectivity index (χ0n) is 30.9. The van der Waals surface area contributed by atoms with Gasteiger partial charge in [-0.25, -0.2) is 14.1 Å². The van der Waals surface area contributed by atoms with E-state index in [2.05, 4.69) is 5.32 Å². The molecule has 0 saturated heterocycles. The average Bonchev–Trinajstić information content (AvgIpc) is 3.48. The van der Waals surface area contributed by atoms with E-state index in [1.165, 1.54) is 12.1 Å². The van der Waals surface area contributed by atoms with Crippen molar-refractivity contribution >= 4 is 17.6 Å². The number of carbonyl (C=O) groups excluding carboxylic acids is 2. The number of hydrogen-bond donors (Lipinski definition) is 7. The SMILES string of the molecule is CCCC(ON(O)O)C(COC(=O)CC(O)CC(O)CCn1c(-c2ccc(F)cc2)c(-c2ccccc2)c(C(=O)Nc2ccccc2)c1C(C)C)ON(O)O. The molecule has 0 aliphatic rings. The summed E-state index contributed by atoms with van der Waals surface area (Å²) in [7, 11) is 0. The van der Waals surface area contributed by atoms with Crippen molar-refractivity contribution in [1.82, 2.24) is 15.3 Å². The molecule has 1 aromatic heterocycles. The molecule has 0 radical (unpaired) electrons. The lowest BCUT2D eigenvalue weighted by atomic mass is 9.94. The first kappa shape index (κ1) is 43.1. The van der Waals surface area contributed by atoms with E-state index in [1.54, 1.807) is 31.2 Å². The fourth-order valence-electron chi connectivity index (χ4n) is 6.47. The Hall–Kier alpha value is -4.59. The number of aromatic nitrogens is 1. The normalized spacial score (nSPS) is 13.9. The van der Waals surface area contributed by atoms with Gasteiger partial charge in [0.15, 0.2) is 0 Å². The van der Waals surface area contributed by atoms with Gasteiger partial charge in [-0.3, -0.25) is 30.4 Å². The standard InChI is InChI=1S/C39H49FN4O11/c1-4-11-32(54-43(49)50)33(55-44(51)52)24-53-34(47)23-31(46)22-30(45)20-21-42-37(25(2)3)36(39(48)41-29-14-9-6-10-15-29)35(26-12-7-5-8-13-26)38(42)27-16-18-28(40)19-17-27/h5-10,12-19,25,30-33,45-46,49-52H,4,11,20-24H2,1-3H3,(H,41,48). The number of rotatable bonds is 21. The molecule has 4 atom stereocenters. The zero-order valence-corrected chi connectivity index (χ0v) is 30.9. The predicted octanol–water partition coefficient (Wildman–Crippen LogP) is 6.33. The summed E-state index contributed by atoms with van der Waals surface area (Å²) in [6, 6.07) is 24.4. The first-order chi connectivity index (χ1) is 26.3. The molecular formula is C39H49FN4O11. The number of aliphatic hydroxyl groups excluding tert-OH is 2. The summed E-state index contributed by atoms with van der Waals surface area (Å²) in [5.74, 6) is -1.88. The maximum atomic E-state index is 14.3. The van der Waals surface area contributed by atoms with Crippen molar-refractivity contribution in [1.29, 1.82) is 0 Å². The molecule has 0 aliphatic carbocycles. The molecule has 1 heterocycles. The highest BCUT2D eigenvalue weighted by Crippen LogP contribution is 2.42. The summed E-state index contributed by atoms with van der Waals surface area (Å²) in [6.07, 6.45) is -5.13. The van der Waals surface area contributed by atoms with Gasteiger partial charge in [-0.2, -0.15) is 0 Å². The number of anilines is 1. The van der Waals surface area contributed by atoms with Crippen LogP contribution in [-0.4, -0.2) is 89.3 Å². The fraction of sp³-hybridized carbons (Fsp3) is 0.385. The molecule has 4 rings (SSSR count). The van der Waals surface area contributed by atoms with Crippen LogP contribution in [0.5, 0.6) is 0 Å². The van der Waals surface area contributed by atoms with Crippen molar-refractivity contribution in [2.75, 3.05) is 11.9 Å². The van der Waals surface area contributed by atoms with Gasteiger partial charge in [0.05, 0.1) is 40.7 Å². The molecule has 4 unspecified atom stereocenters. The Kier molecular flexibility index (Phi) is 16.4. The van der Waals surface area contributed by atoms with E-state index >= 15 is 0 Å². The molecular weight excluding hydrogens is 719 g/mol. The van der Waals surface area contributed by atoms with Crippen LogP contribution in [0, 0.1) is 5.82 Å². The van der Waals surface area contributed by atoms with Crippen LogP contribution in [0.1, 0.15) is 74.8 Å². The second-order valence-corrected chi connectivity index (χ2v) is 13.3. The van der Waals surface area contributed by atoms with Crippen molar-refractivity contribution in [2.45, 2.75) is 89.8 Å². The van der Waals surface area contributed by atoms with Crippen LogP contribution in [0.15, 0.2) is 84.9 Å². The van der Waals surface area contributed by atoms with Gasteiger partial charge in [-0.15, -0.1) is 0 Å². The van der Waals surface area contributed by atoms with Crippen LogP contribution >= 0.6 is 0 Å². The van der Waals surface area contributed by atoms with Crippen molar-refractivity contribution in [3.05, 3.63) is 102 Å². The van der Waals surface area contributed by atoms with Gasteiger partial charge in [0.1, 0.15) is 24.6 Å². The van der Waals surface area contributed by atoms with Gasteiger partial charge in [0, 0.05) is 23.5 Å². The Bertz CT molecular complexity index is 1790. The monoisotopic (exact) mass is 768 g/mol. The molecule has 298 valence electrons. The number of amides is 1. The summed E-state index contributed by atoms with van der Waals surface area (Å²) in [5.41, 5.74) is 4.37. The van der Waals surface area contributed by atoms with E-state index in [0.29, 0.717) is 40.2 Å². The van der Waals surface area contributed by atoms with E-state index in [9.17, 15) is 24.2 Å². The third kappa shape index (κ3) is 12.5. The molecule has 0 aliphatic heterocycles. The van der Waals surface area contributed by atoms with Crippen molar-refractivity contribution in [3.63, 3.8) is 0 Å². The highest BCUT2D eigenvalue weighted by atomic mass is 19.1. The van der Waals surface area contributed by atoms with Gasteiger partial charge in [-0.05, 0) is 72.7 Å². The smallest absolute Gasteiger partial charge is 0.308 e. The Labute approximate surface area is 318 Å². The van der Waals surface area contributed by atoms with Crippen LogP contribution in [0.2, 0.25) is 0 Å². The van der Waals surface area contributed by atoms with Crippen LogP contribution in [0.3, 0.4) is 0 Å². The topological polar surface area (TPSA) is 207 Å². The van der Waals surface area contributed by atoms with Crippen LogP contribution < -0.4 is 5.32 Å². The van der Waals surface area contributed by atoms with E-state index < -0.39 is 60.0 Å². The number of ether oxygens (including phenoxy) is 1. The minimum Gasteiger partial charge on any atom is -0.463 e. The summed E-state index contributed by atoms with van der Waals surface area (Å²) < 4.78 is 21.3. The van der Waals surface area contributed by atoms with E-state index in [4.69, 9.17) is 35.2 Å². The number of aliphatic hydroxyl groups is 2. The summed E-state index contributed by atoms with van der Waals surface area (Å²) in [6.45, 7) is 5.21. The van der Waals surface area contributed by atoms with Crippen molar-refractivity contribution < 1.29 is 59.4 Å². The number of para-hydroxylation sites is 1. The van der Waals surface area contributed by atoms with E-state index in [-0.39, 0.29) is 37.6 Å². The lowest BCUT2D eigenvalue weighted by molar-refractivity contribution is -0.539. The average molecular weight is 769 g/mol. The lowest BCUT2D eigenvalue weighted by Gasteiger charge is -2.27. The third-order valence-electron chi connectivity index (χ3n) is 8.78. The Morgan fingerprint density at radius 3 is 1.98 bits per heavy atom. The Balaban J connectivity index is 1.58. The van der Waals surface area contributed by atoms with Gasteiger partial charge < -0.3 is 24.8 Å². The quantitative estimate of drug-likeness (QED) is 0.0366. The molecule has 55 heavy (non-hydrogen) atoms. The predicted molar refractivity (Wildman–Crippen MR) is 196 cm³/mol. The summed E-state index contributed by atoms with van der Waals surface area (Å²) in [4.78, 5) is 36.4. The molecule has 15 nitrogen and oxygen atoms in total. The van der Waals surface area contributed by atoms with Crippen LogP contribution in [0.25, 0.3) is 22.4 Å². The first-order valence-electron chi connectivity index (χ1n) is 17.9. The maximum Gasteiger partial charge on any atom is 0.308 e. The summed E-state index contributed by atoms with van der Waals surface area (Å²) in [5, 5.41) is 60.1. The third-order valence-corrected chi connectivity index (χ3v) is 8.78.